The van der Waals surface area contributed by atoms with Gasteiger partial charge in [-0.05, 0) is 19.0 Å². The zero-order valence-electron chi connectivity index (χ0n) is 10.2. The molecule has 1 rings (SSSR count). The van der Waals surface area contributed by atoms with Crippen molar-refractivity contribution in [3.05, 3.63) is 35.4 Å². The Hall–Kier alpha value is -0.900. The Morgan fingerprint density at radius 2 is 1.94 bits per heavy atom. The average Bonchev–Trinajstić information content (AvgIpc) is 2.31. The smallest absolute Gasteiger partial charge is 0.0558 e. The lowest BCUT2D eigenvalue weighted by Crippen LogP contribution is -2.35. The number of likely N-dealkylation sites (N-methyl/N-ethyl adjacent to an activating group) is 1. The van der Waals surface area contributed by atoms with E-state index >= 15 is 0 Å². The average molecular weight is 222 g/mol. The first kappa shape index (κ1) is 13.2. The number of nitrogens with two attached hydrogens (primary N) is 1. The van der Waals surface area contributed by atoms with E-state index in [0.717, 1.165) is 6.54 Å². The van der Waals surface area contributed by atoms with Crippen LogP contribution in [-0.2, 0) is 0 Å². The predicted molar refractivity (Wildman–Crippen MR) is 67.3 cm³/mol. The first-order chi connectivity index (χ1) is 7.72. The van der Waals surface area contributed by atoms with Gasteiger partial charge in [-0.2, -0.15) is 0 Å². The molecule has 0 aromatic heterocycles. The Morgan fingerprint density at radius 3 is 2.38 bits per heavy atom. The maximum Gasteiger partial charge on any atom is 0.0558 e. The Morgan fingerprint density at radius 1 is 1.31 bits per heavy atom. The highest BCUT2D eigenvalue weighted by molar-refractivity contribution is 5.24. The molecule has 16 heavy (non-hydrogen) atoms. The highest BCUT2D eigenvalue weighted by Crippen LogP contribution is 2.19. The fraction of sp³-hybridized carbons (Fsp3) is 0.538. The molecule has 0 radical (unpaired) electrons. The second-order valence-corrected chi connectivity index (χ2v) is 4.01. The van der Waals surface area contributed by atoms with E-state index in [0.29, 0.717) is 13.1 Å². The van der Waals surface area contributed by atoms with Gasteiger partial charge in [0.1, 0.15) is 0 Å². The molecule has 0 bridgehead atoms. The second kappa shape index (κ2) is 6.63. The van der Waals surface area contributed by atoms with Crippen LogP contribution in [0.5, 0.6) is 0 Å². The molecule has 0 heterocycles. The van der Waals surface area contributed by atoms with Crippen LogP contribution in [-0.4, -0.2) is 36.2 Å². The summed E-state index contributed by atoms with van der Waals surface area (Å²) in [6, 6.07) is 8.65. The van der Waals surface area contributed by atoms with Crippen LogP contribution in [0.4, 0.5) is 0 Å². The van der Waals surface area contributed by atoms with Crippen LogP contribution in [0.2, 0.25) is 0 Å². The Labute approximate surface area is 97.9 Å². The van der Waals surface area contributed by atoms with Crippen LogP contribution < -0.4 is 5.73 Å². The minimum absolute atomic E-state index is 0.177. The van der Waals surface area contributed by atoms with Crippen molar-refractivity contribution in [2.45, 2.75) is 19.9 Å². The summed E-state index contributed by atoms with van der Waals surface area (Å²) in [5.41, 5.74) is 8.31. The molecule has 0 amide bonds. The molecule has 0 fully saturated rings. The van der Waals surface area contributed by atoms with Gasteiger partial charge in [0.05, 0.1) is 6.61 Å². The lowest BCUT2D eigenvalue weighted by Gasteiger charge is -2.29. The summed E-state index contributed by atoms with van der Waals surface area (Å²) in [5, 5.41) is 9.02. The maximum absolute atomic E-state index is 9.02. The monoisotopic (exact) mass is 222 g/mol. The van der Waals surface area contributed by atoms with Crippen molar-refractivity contribution >= 4 is 0 Å². The topological polar surface area (TPSA) is 49.5 Å². The van der Waals surface area contributed by atoms with Gasteiger partial charge in [-0.15, -0.1) is 0 Å². The van der Waals surface area contributed by atoms with Gasteiger partial charge in [-0.25, -0.2) is 0 Å². The Bertz CT molecular complexity index is 297. The third-order valence-electron chi connectivity index (χ3n) is 2.92. The molecule has 1 atom stereocenters. The van der Waals surface area contributed by atoms with E-state index in [1.54, 1.807) is 0 Å². The van der Waals surface area contributed by atoms with Gasteiger partial charge in [0, 0.05) is 19.1 Å². The summed E-state index contributed by atoms with van der Waals surface area (Å²) in [6.45, 7) is 6.49. The van der Waals surface area contributed by atoms with Crippen LogP contribution in [0.1, 0.15) is 24.1 Å². The first-order valence-corrected chi connectivity index (χ1v) is 5.84. The van der Waals surface area contributed by atoms with Crippen LogP contribution in [0, 0.1) is 6.92 Å². The summed E-state index contributed by atoms with van der Waals surface area (Å²) in [4.78, 5) is 2.20. The molecule has 0 aliphatic carbocycles. The standard InChI is InChI=1S/C13H22N2O/c1-3-15(8-9-16)13(10-14)12-6-4-11(2)5-7-12/h4-7,13,16H,3,8-10,14H2,1-2H3. The van der Waals surface area contributed by atoms with Gasteiger partial charge < -0.3 is 10.8 Å². The van der Waals surface area contributed by atoms with Crippen molar-refractivity contribution < 1.29 is 5.11 Å². The van der Waals surface area contributed by atoms with Crippen molar-refractivity contribution in [1.82, 2.24) is 4.90 Å². The minimum atomic E-state index is 0.177. The van der Waals surface area contributed by atoms with Crippen molar-refractivity contribution in [3.8, 4) is 0 Å². The van der Waals surface area contributed by atoms with Crippen LogP contribution in [0.15, 0.2) is 24.3 Å². The number of hydrogen-bond donors (Lipinski definition) is 2. The molecule has 0 aliphatic heterocycles. The SMILES string of the molecule is CCN(CCO)C(CN)c1ccc(C)cc1. The number of rotatable bonds is 6. The Balaban J connectivity index is 2.83. The van der Waals surface area contributed by atoms with Gasteiger partial charge >= 0.3 is 0 Å². The van der Waals surface area contributed by atoms with Gasteiger partial charge in [0.2, 0.25) is 0 Å². The molecular formula is C13H22N2O. The van der Waals surface area contributed by atoms with Crippen LogP contribution in [0.25, 0.3) is 0 Å². The van der Waals surface area contributed by atoms with E-state index < -0.39 is 0 Å². The zero-order valence-corrected chi connectivity index (χ0v) is 10.2. The fourth-order valence-electron chi connectivity index (χ4n) is 1.95. The molecule has 3 N–H and O–H groups in total. The van der Waals surface area contributed by atoms with Crippen molar-refractivity contribution in [2.75, 3.05) is 26.2 Å². The summed E-state index contributed by atoms with van der Waals surface area (Å²) < 4.78 is 0. The van der Waals surface area contributed by atoms with Crippen molar-refractivity contribution in [3.63, 3.8) is 0 Å². The minimum Gasteiger partial charge on any atom is -0.395 e. The molecule has 0 spiro atoms. The van der Waals surface area contributed by atoms with Crippen molar-refractivity contribution in [2.24, 2.45) is 5.73 Å². The number of aliphatic hydroxyl groups excluding tert-OH is 1. The van der Waals surface area contributed by atoms with Gasteiger partial charge in [-0.1, -0.05) is 36.8 Å². The molecule has 1 unspecified atom stereocenters. The first-order valence-electron chi connectivity index (χ1n) is 5.84. The molecule has 1 aromatic rings. The van der Waals surface area contributed by atoms with E-state index in [-0.39, 0.29) is 12.6 Å². The van der Waals surface area contributed by atoms with E-state index in [9.17, 15) is 0 Å². The molecule has 90 valence electrons. The van der Waals surface area contributed by atoms with Gasteiger partial charge in [0.15, 0.2) is 0 Å². The summed E-state index contributed by atoms with van der Waals surface area (Å²) in [7, 11) is 0. The second-order valence-electron chi connectivity index (χ2n) is 4.01. The highest BCUT2D eigenvalue weighted by Gasteiger charge is 2.16. The Kier molecular flexibility index (Phi) is 5.46. The molecule has 0 saturated carbocycles. The number of nitrogens with zero attached hydrogens (tertiary/aromatic N) is 1. The summed E-state index contributed by atoms with van der Waals surface area (Å²) in [6.07, 6.45) is 0. The third kappa shape index (κ3) is 3.30. The van der Waals surface area contributed by atoms with E-state index in [2.05, 4.69) is 43.0 Å². The lowest BCUT2D eigenvalue weighted by atomic mass is 10.0. The molecule has 0 aliphatic rings. The lowest BCUT2D eigenvalue weighted by molar-refractivity contribution is 0.160. The van der Waals surface area contributed by atoms with Gasteiger partial charge in [0.25, 0.3) is 0 Å². The largest absolute Gasteiger partial charge is 0.395 e. The van der Waals surface area contributed by atoms with Gasteiger partial charge in [-0.3, -0.25) is 4.90 Å². The fourth-order valence-corrected chi connectivity index (χ4v) is 1.95. The molecular weight excluding hydrogens is 200 g/mol. The van der Waals surface area contributed by atoms with E-state index in [1.165, 1.54) is 11.1 Å². The van der Waals surface area contributed by atoms with E-state index in [4.69, 9.17) is 10.8 Å². The highest BCUT2D eigenvalue weighted by atomic mass is 16.3. The normalized spacial score (nSPS) is 13.1. The zero-order chi connectivity index (χ0) is 12.0. The number of benzene rings is 1. The number of hydrogen-bond acceptors (Lipinski definition) is 3. The quantitative estimate of drug-likeness (QED) is 0.763. The molecule has 3 heteroatoms. The number of aryl methyl sites for hydroxylation is 1. The van der Waals surface area contributed by atoms with E-state index in [1.807, 2.05) is 0 Å². The molecule has 1 aromatic carbocycles. The molecule has 0 saturated heterocycles. The summed E-state index contributed by atoms with van der Waals surface area (Å²) >= 11 is 0. The maximum atomic E-state index is 9.02. The third-order valence-corrected chi connectivity index (χ3v) is 2.92. The molecule has 3 nitrogen and oxygen atoms in total. The van der Waals surface area contributed by atoms with Crippen LogP contribution >= 0.6 is 0 Å². The van der Waals surface area contributed by atoms with Crippen molar-refractivity contribution in [1.29, 1.82) is 0 Å². The number of aliphatic hydroxyl groups is 1. The predicted octanol–water partition coefficient (Wildman–Crippen LogP) is 1.31. The summed E-state index contributed by atoms with van der Waals surface area (Å²) in [5.74, 6) is 0. The van der Waals surface area contributed by atoms with Crippen LogP contribution in [0.3, 0.4) is 0 Å².